The van der Waals surface area contributed by atoms with Crippen molar-refractivity contribution in [1.29, 1.82) is 0 Å². The van der Waals surface area contributed by atoms with Gasteiger partial charge in [0.2, 0.25) is 5.88 Å². The van der Waals surface area contributed by atoms with Crippen LogP contribution in [0.1, 0.15) is 40.3 Å². The zero-order valence-electron chi connectivity index (χ0n) is 16.9. The SMILES string of the molecule is CCOc1ccc(C(=O)NNC(=O)c2cnn(-c3ccc(OC)nn3)c2CC)cc1. The van der Waals surface area contributed by atoms with Crippen LogP contribution in [0.15, 0.2) is 42.6 Å². The van der Waals surface area contributed by atoms with Gasteiger partial charge in [0, 0.05) is 11.6 Å². The lowest BCUT2D eigenvalue weighted by molar-refractivity contribution is 0.0846. The van der Waals surface area contributed by atoms with E-state index in [0.717, 1.165) is 0 Å². The lowest BCUT2D eigenvalue weighted by atomic mass is 10.2. The van der Waals surface area contributed by atoms with Crippen LogP contribution in [0.25, 0.3) is 5.82 Å². The number of ether oxygens (including phenoxy) is 2. The molecule has 0 saturated heterocycles. The van der Waals surface area contributed by atoms with Gasteiger partial charge in [0.25, 0.3) is 11.8 Å². The van der Waals surface area contributed by atoms with E-state index in [-0.39, 0.29) is 0 Å². The van der Waals surface area contributed by atoms with Crippen molar-refractivity contribution >= 4 is 11.8 Å². The van der Waals surface area contributed by atoms with E-state index in [2.05, 4.69) is 26.1 Å². The van der Waals surface area contributed by atoms with Gasteiger partial charge in [-0.1, -0.05) is 6.92 Å². The Balaban J connectivity index is 1.69. The highest BCUT2D eigenvalue weighted by molar-refractivity contribution is 5.99. The number of benzene rings is 1. The molecule has 2 amide bonds. The summed E-state index contributed by atoms with van der Waals surface area (Å²) < 4.78 is 11.9. The van der Waals surface area contributed by atoms with Crippen molar-refractivity contribution in [1.82, 2.24) is 30.8 Å². The molecule has 156 valence electrons. The van der Waals surface area contributed by atoms with Gasteiger partial charge in [0.05, 0.1) is 31.2 Å². The number of nitrogens with one attached hydrogen (secondary N) is 2. The number of hydrogen-bond donors (Lipinski definition) is 2. The monoisotopic (exact) mass is 410 g/mol. The molecule has 0 aliphatic rings. The summed E-state index contributed by atoms with van der Waals surface area (Å²) in [6, 6.07) is 9.95. The molecule has 0 unspecified atom stereocenters. The second-order valence-electron chi connectivity index (χ2n) is 6.07. The maximum absolute atomic E-state index is 12.6. The van der Waals surface area contributed by atoms with Gasteiger partial charge < -0.3 is 9.47 Å². The number of rotatable bonds is 7. The average molecular weight is 410 g/mol. The van der Waals surface area contributed by atoms with Gasteiger partial charge >= 0.3 is 0 Å². The number of amides is 2. The fourth-order valence-corrected chi connectivity index (χ4v) is 2.76. The topological polar surface area (TPSA) is 120 Å². The molecule has 3 aromatic rings. The summed E-state index contributed by atoms with van der Waals surface area (Å²) >= 11 is 0. The highest BCUT2D eigenvalue weighted by Gasteiger charge is 2.19. The third-order valence-electron chi connectivity index (χ3n) is 4.22. The summed E-state index contributed by atoms with van der Waals surface area (Å²) in [6.07, 6.45) is 1.94. The van der Waals surface area contributed by atoms with Gasteiger partial charge in [-0.3, -0.25) is 20.4 Å². The van der Waals surface area contributed by atoms with Crippen molar-refractivity contribution in [2.75, 3.05) is 13.7 Å². The molecule has 2 N–H and O–H groups in total. The Bertz CT molecular complexity index is 1010. The van der Waals surface area contributed by atoms with Gasteiger partial charge in [-0.2, -0.15) is 5.10 Å². The number of carbonyl (C=O) groups excluding carboxylic acids is 2. The fraction of sp³-hybridized carbons (Fsp3) is 0.250. The molecule has 0 aliphatic heterocycles. The van der Waals surface area contributed by atoms with E-state index in [1.165, 1.54) is 18.0 Å². The van der Waals surface area contributed by atoms with Crippen LogP contribution in [0, 0.1) is 0 Å². The molecule has 10 heteroatoms. The minimum Gasteiger partial charge on any atom is -0.494 e. The molecule has 0 spiro atoms. The molecule has 3 rings (SSSR count). The third-order valence-corrected chi connectivity index (χ3v) is 4.22. The Labute approximate surface area is 173 Å². The van der Waals surface area contributed by atoms with Gasteiger partial charge in [0.15, 0.2) is 5.82 Å². The van der Waals surface area contributed by atoms with E-state index in [1.807, 2.05) is 13.8 Å². The predicted molar refractivity (Wildman–Crippen MR) is 108 cm³/mol. The second-order valence-corrected chi connectivity index (χ2v) is 6.07. The highest BCUT2D eigenvalue weighted by Crippen LogP contribution is 2.15. The maximum atomic E-state index is 12.6. The van der Waals surface area contributed by atoms with Crippen LogP contribution in [-0.2, 0) is 6.42 Å². The molecule has 10 nitrogen and oxygen atoms in total. The Morgan fingerprint density at radius 1 is 1.00 bits per heavy atom. The fourth-order valence-electron chi connectivity index (χ4n) is 2.76. The summed E-state index contributed by atoms with van der Waals surface area (Å²) in [4.78, 5) is 24.9. The molecule has 2 aromatic heterocycles. The first-order chi connectivity index (χ1) is 14.6. The Kier molecular flexibility index (Phi) is 6.58. The van der Waals surface area contributed by atoms with Crippen LogP contribution in [-0.4, -0.2) is 45.5 Å². The predicted octanol–water partition coefficient (Wildman–Crippen LogP) is 1.71. The Morgan fingerprint density at radius 3 is 2.33 bits per heavy atom. The van der Waals surface area contributed by atoms with Crippen LogP contribution in [0.3, 0.4) is 0 Å². The van der Waals surface area contributed by atoms with Gasteiger partial charge in [0.1, 0.15) is 5.75 Å². The summed E-state index contributed by atoms with van der Waals surface area (Å²) in [5.41, 5.74) is 6.16. The van der Waals surface area contributed by atoms with E-state index >= 15 is 0 Å². The first-order valence-electron chi connectivity index (χ1n) is 9.35. The van der Waals surface area contributed by atoms with E-state index < -0.39 is 11.8 Å². The number of hydrogen-bond acceptors (Lipinski definition) is 7. The van der Waals surface area contributed by atoms with Gasteiger partial charge in [-0.25, -0.2) is 4.68 Å². The summed E-state index contributed by atoms with van der Waals surface area (Å²) in [7, 11) is 1.50. The minimum absolute atomic E-state index is 0.321. The molecule has 30 heavy (non-hydrogen) atoms. The normalized spacial score (nSPS) is 10.4. The average Bonchev–Trinajstić information content (AvgIpc) is 3.22. The first-order valence-corrected chi connectivity index (χ1v) is 9.35. The zero-order chi connectivity index (χ0) is 21.5. The molecular formula is C20H22N6O4. The molecule has 0 radical (unpaired) electrons. The summed E-state index contributed by atoms with van der Waals surface area (Å²) in [6.45, 7) is 4.31. The lowest BCUT2D eigenvalue weighted by Crippen LogP contribution is -2.41. The van der Waals surface area contributed by atoms with Crippen molar-refractivity contribution < 1.29 is 19.1 Å². The van der Waals surface area contributed by atoms with Crippen LogP contribution >= 0.6 is 0 Å². The molecule has 0 fully saturated rings. The molecule has 0 atom stereocenters. The van der Waals surface area contributed by atoms with Gasteiger partial charge in [-0.05, 0) is 43.7 Å². The number of hydrazine groups is 1. The van der Waals surface area contributed by atoms with Crippen molar-refractivity contribution in [3.8, 4) is 17.4 Å². The van der Waals surface area contributed by atoms with Crippen LogP contribution < -0.4 is 20.3 Å². The molecule has 0 saturated carbocycles. The van der Waals surface area contributed by atoms with Crippen molar-refractivity contribution in [3.05, 3.63) is 59.4 Å². The highest BCUT2D eigenvalue weighted by atomic mass is 16.5. The van der Waals surface area contributed by atoms with E-state index in [1.54, 1.807) is 36.4 Å². The van der Waals surface area contributed by atoms with Crippen LogP contribution in [0.5, 0.6) is 11.6 Å². The largest absolute Gasteiger partial charge is 0.494 e. The Hall–Kier alpha value is -3.95. The lowest BCUT2D eigenvalue weighted by Gasteiger charge is -2.09. The number of nitrogens with zero attached hydrogens (tertiary/aromatic N) is 4. The maximum Gasteiger partial charge on any atom is 0.273 e. The first kappa shape index (κ1) is 20.8. The molecule has 2 heterocycles. The minimum atomic E-state index is -0.487. The summed E-state index contributed by atoms with van der Waals surface area (Å²) in [5, 5.41) is 12.2. The molecule has 0 aliphatic carbocycles. The van der Waals surface area contributed by atoms with E-state index in [9.17, 15) is 9.59 Å². The molecular weight excluding hydrogens is 388 g/mol. The zero-order valence-corrected chi connectivity index (χ0v) is 16.9. The number of methoxy groups -OCH3 is 1. The quantitative estimate of drug-likeness (QED) is 0.569. The number of carbonyl (C=O) groups is 2. The van der Waals surface area contributed by atoms with Crippen molar-refractivity contribution in [2.24, 2.45) is 0 Å². The number of aromatic nitrogens is 4. The second kappa shape index (κ2) is 9.50. The Morgan fingerprint density at radius 2 is 1.73 bits per heavy atom. The smallest absolute Gasteiger partial charge is 0.273 e. The van der Waals surface area contributed by atoms with Crippen LogP contribution in [0.2, 0.25) is 0 Å². The molecule has 0 bridgehead atoms. The van der Waals surface area contributed by atoms with Crippen molar-refractivity contribution in [2.45, 2.75) is 20.3 Å². The summed E-state index contributed by atoms with van der Waals surface area (Å²) in [5.74, 6) is 0.556. The van der Waals surface area contributed by atoms with Gasteiger partial charge in [-0.15, -0.1) is 10.2 Å². The van der Waals surface area contributed by atoms with E-state index in [4.69, 9.17) is 9.47 Å². The standard InChI is InChI=1S/C20H22N6O4/c1-4-16-15(12-21-26(16)17-10-11-18(29-3)23-22-17)20(28)25-24-19(27)13-6-8-14(9-7-13)30-5-2/h6-12H,4-5H2,1-3H3,(H,24,27)(H,25,28). The van der Waals surface area contributed by atoms with E-state index in [0.29, 0.717) is 47.3 Å². The third kappa shape index (κ3) is 4.54. The van der Waals surface area contributed by atoms with Crippen LogP contribution in [0.4, 0.5) is 0 Å². The molecule has 1 aromatic carbocycles. The van der Waals surface area contributed by atoms with Crippen molar-refractivity contribution in [3.63, 3.8) is 0 Å².